The van der Waals surface area contributed by atoms with Gasteiger partial charge in [0.1, 0.15) is 11.5 Å². The molecule has 1 N–H and O–H groups in total. The second-order valence-corrected chi connectivity index (χ2v) is 6.74. The summed E-state index contributed by atoms with van der Waals surface area (Å²) in [6.45, 7) is 7.88. The van der Waals surface area contributed by atoms with Gasteiger partial charge in [-0.05, 0) is 67.3 Å². The van der Waals surface area contributed by atoms with E-state index in [0.717, 1.165) is 36.4 Å². The standard InChI is InChI=1S/C22H29NO3/c1-4-5-15-25-20-10-6-18(7-11-20)22(24)23-19-8-12-21(13-9-19)26-16-14-17(2)3/h6-13,17H,4-5,14-16H2,1-3H3,(H,23,24). The molecule has 0 saturated heterocycles. The predicted octanol–water partition coefficient (Wildman–Crippen LogP) is 5.54. The Morgan fingerprint density at radius 3 is 2.08 bits per heavy atom. The van der Waals surface area contributed by atoms with Crippen LogP contribution in [0.25, 0.3) is 0 Å². The minimum absolute atomic E-state index is 0.140. The van der Waals surface area contributed by atoms with Crippen LogP contribution in [0.2, 0.25) is 0 Å². The highest BCUT2D eigenvalue weighted by Crippen LogP contribution is 2.18. The molecule has 2 aromatic carbocycles. The molecule has 4 nitrogen and oxygen atoms in total. The van der Waals surface area contributed by atoms with Gasteiger partial charge in [0.25, 0.3) is 5.91 Å². The highest BCUT2D eigenvalue weighted by atomic mass is 16.5. The molecule has 0 unspecified atom stereocenters. The average Bonchev–Trinajstić information content (AvgIpc) is 2.63. The van der Waals surface area contributed by atoms with Gasteiger partial charge in [0.15, 0.2) is 0 Å². The molecule has 0 heterocycles. The number of nitrogens with one attached hydrogen (secondary N) is 1. The van der Waals surface area contributed by atoms with Crippen molar-refractivity contribution in [1.82, 2.24) is 0 Å². The number of amides is 1. The molecular weight excluding hydrogens is 326 g/mol. The fraction of sp³-hybridized carbons (Fsp3) is 0.409. The van der Waals surface area contributed by atoms with Crippen molar-refractivity contribution in [3.63, 3.8) is 0 Å². The van der Waals surface area contributed by atoms with Crippen molar-refractivity contribution in [2.24, 2.45) is 5.92 Å². The number of anilines is 1. The number of hydrogen-bond donors (Lipinski definition) is 1. The quantitative estimate of drug-likeness (QED) is 0.569. The Labute approximate surface area is 156 Å². The van der Waals surface area contributed by atoms with Crippen LogP contribution in [0, 0.1) is 5.92 Å². The first kappa shape index (κ1) is 19.8. The summed E-state index contributed by atoms with van der Waals surface area (Å²) in [7, 11) is 0. The summed E-state index contributed by atoms with van der Waals surface area (Å²) in [4.78, 5) is 12.3. The molecule has 0 aromatic heterocycles. The molecule has 140 valence electrons. The molecule has 0 aliphatic heterocycles. The highest BCUT2D eigenvalue weighted by molar-refractivity contribution is 6.04. The molecule has 1 amide bonds. The third kappa shape index (κ3) is 6.79. The maximum Gasteiger partial charge on any atom is 0.255 e. The number of carbonyl (C=O) groups is 1. The van der Waals surface area contributed by atoms with E-state index in [1.165, 1.54) is 0 Å². The first-order chi connectivity index (χ1) is 12.6. The van der Waals surface area contributed by atoms with Gasteiger partial charge in [-0.2, -0.15) is 0 Å². The van der Waals surface area contributed by atoms with Gasteiger partial charge < -0.3 is 14.8 Å². The van der Waals surface area contributed by atoms with E-state index in [4.69, 9.17) is 9.47 Å². The molecular formula is C22H29NO3. The summed E-state index contributed by atoms with van der Waals surface area (Å²) >= 11 is 0. The third-order valence-corrected chi connectivity index (χ3v) is 3.96. The van der Waals surface area contributed by atoms with E-state index in [0.29, 0.717) is 24.7 Å². The lowest BCUT2D eigenvalue weighted by Crippen LogP contribution is -2.11. The predicted molar refractivity (Wildman–Crippen MR) is 106 cm³/mol. The maximum absolute atomic E-state index is 12.3. The molecule has 0 radical (unpaired) electrons. The zero-order chi connectivity index (χ0) is 18.8. The summed E-state index contributed by atoms with van der Waals surface area (Å²) in [5.74, 6) is 2.09. The van der Waals surface area contributed by atoms with Crippen LogP contribution in [0.1, 0.15) is 50.4 Å². The average molecular weight is 355 g/mol. The second kappa shape index (κ2) is 10.5. The summed E-state index contributed by atoms with van der Waals surface area (Å²) in [6, 6.07) is 14.7. The molecule has 2 rings (SSSR count). The molecule has 0 bridgehead atoms. The number of hydrogen-bond acceptors (Lipinski definition) is 3. The van der Waals surface area contributed by atoms with E-state index in [-0.39, 0.29) is 5.91 Å². The lowest BCUT2D eigenvalue weighted by atomic mass is 10.1. The Bertz CT molecular complexity index is 663. The normalized spacial score (nSPS) is 10.6. The number of unbranched alkanes of at least 4 members (excludes halogenated alkanes) is 1. The Morgan fingerprint density at radius 1 is 0.923 bits per heavy atom. The van der Waals surface area contributed by atoms with Crippen LogP contribution in [-0.4, -0.2) is 19.1 Å². The minimum atomic E-state index is -0.140. The Morgan fingerprint density at radius 2 is 1.50 bits per heavy atom. The van der Waals surface area contributed by atoms with Crippen LogP contribution in [0.15, 0.2) is 48.5 Å². The fourth-order valence-electron chi connectivity index (χ4n) is 2.29. The van der Waals surface area contributed by atoms with Crippen molar-refractivity contribution in [1.29, 1.82) is 0 Å². The highest BCUT2D eigenvalue weighted by Gasteiger charge is 2.07. The molecule has 26 heavy (non-hydrogen) atoms. The zero-order valence-electron chi connectivity index (χ0n) is 16.0. The van der Waals surface area contributed by atoms with Gasteiger partial charge in [-0.25, -0.2) is 0 Å². The van der Waals surface area contributed by atoms with Gasteiger partial charge in [-0.1, -0.05) is 27.2 Å². The van der Waals surface area contributed by atoms with Crippen LogP contribution < -0.4 is 14.8 Å². The SMILES string of the molecule is CCCCOc1ccc(C(=O)Nc2ccc(OCCC(C)C)cc2)cc1. The van der Waals surface area contributed by atoms with Gasteiger partial charge >= 0.3 is 0 Å². The summed E-state index contributed by atoms with van der Waals surface area (Å²) in [5.41, 5.74) is 1.35. The molecule has 2 aromatic rings. The van der Waals surface area contributed by atoms with Crippen LogP contribution in [0.5, 0.6) is 11.5 Å². The number of rotatable bonds is 10. The lowest BCUT2D eigenvalue weighted by molar-refractivity contribution is 0.102. The number of ether oxygens (including phenoxy) is 2. The van der Waals surface area contributed by atoms with Crippen LogP contribution in [0.4, 0.5) is 5.69 Å². The van der Waals surface area contributed by atoms with Crippen LogP contribution >= 0.6 is 0 Å². The molecule has 4 heteroatoms. The van der Waals surface area contributed by atoms with Gasteiger partial charge in [-0.3, -0.25) is 4.79 Å². The first-order valence-corrected chi connectivity index (χ1v) is 9.35. The Hall–Kier alpha value is -2.49. The summed E-state index contributed by atoms with van der Waals surface area (Å²) < 4.78 is 11.3. The fourth-order valence-corrected chi connectivity index (χ4v) is 2.29. The zero-order valence-corrected chi connectivity index (χ0v) is 16.0. The van der Waals surface area contributed by atoms with Crippen molar-refractivity contribution in [3.8, 4) is 11.5 Å². The molecule has 0 fully saturated rings. The second-order valence-electron chi connectivity index (χ2n) is 6.74. The van der Waals surface area contributed by atoms with Gasteiger partial charge in [0, 0.05) is 11.3 Å². The van der Waals surface area contributed by atoms with Crippen molar-refractivity contribution in [2.75, 3.05) is 18.5 Å². The largest absolute Gasteiger partial charge is 0.494 e. The van der Waals surface area contributed by atoms with E-state index >= 15 is 0 Å². The van der Waals surface area contributed by atoms with Crippen molar-refractivity contribution >= 4 is 11.6 Å². The molecule has 0 aliphatic carbocycles. The molecule has 0 saturated carbocycles. The Balaban J connectivity index is 1.84. The lowest BCUT2D eigenvalue weighted by Gasteiger charge is -2.10. The number of benzene rings is 2. The topological polar surface area (TPSA) is 47.6 Å². The van der Waals surface area contributed by atoms with E-state index < -0.39 is 0 Å². The van der Waals surface area contributed by atoms with E-state index in [1.54, 1.807) is 12.1 Å². The van der Waals surface area contributed by atoms with E-state index in [1.807, 2.05) is 36.4 Å². The van der Waals surface area contributed by atoms with Gasteiger partial charge in [0.05, 0.1) is 13.2 Å². The van der Waals surface area contributed by atoms with Crippen LogP contribution in [-0.2, 0) is 0 Å². The van der Waals surface area contributed by atoms with Crippen LogP contribution in [0.3, 0.4) is 0 Å². The molecule has 0 aliphatic rings. The summed E-state index contributed by atoms with van der Waals surface area (Å²) in [5, 5.41) is 2.90. The van der Waals surface area contributed by atoms with E-state index in [2.05, 4.69) is 26.1 Å². The van der Waals surface area contributed by atoms with E-state index in [9.17, 15) is 4.79 Å². The smallest absolute Gasteiger partial charge is 0.255 e. The first-order valence-electron chi connectivity index (χ1n) is 9.35. The van der Waals surface area contributed by atoms with Crippen molar-refractivity contribution in [3.05, 3.63) is 54.1 Å². The van der Waals surface area contributed by atoms with Gasteiger partial charge in [0.2, 0.25) is 0 Å². The monoisotopic (exact) mass is 355 g/mol. The van der Waals surface area contributed by atoms with Crippen molar-refractivity contribution < 1.29 is 14.3 Å². The Kier molecular flexibility index (Phi) is 8.00. The summed E-state index contributed by atoms with van der Waals surface area (Å²) in [6.07, 6.45) is 3.15. The van der Waals surface area contributed by atoms with Crippen molar-refractivity contribution in [2.45, 2.75) is 40.0 Å². The van der Waals surface area contributed by atoms with Gasteiger partial charge in [-0.15, -0.1) is 0 Å². The number of carbonyl (C=O) groups excluding carboxylic acids is 1. The minimum Gasteiger partial charge on any atom is -0.494 e. The maximum atomic E-state index is 12.3. The molecule has 0 atom stereocenters. The third-order valence-electron chi connectivity index (χ3n) is 3.96. The molecule has 0 spiro atoms.